The molecule has 2 atom stereocenters. The largest absolute Gasteiger partial charge is 0.477 e. The summed E-state index contributed by atoms with van der Waals surface area (Å²) in [6.45, 7) is 4.13. The van der Waals surface area contributed by atoms with Crippen molar-refractivity contribution in [3.63, 3.8) is 0 Å². The number of fused-ring (bicyclic) bond motifs is 2. The second-order valence-electron chi connectivity index (χ2n) is 14.9. The van der Waals surface area contributed by atoms with Gasteiger partial charge in [0.15, 0.2) is 23.3 Å². The van der Waals surface area contributed by atoms with Crippen molar-refractivity contribution in [1.29, 1.82) is 0 Å². The number of nitrogens with zero attached hydrogens (tertiary/aromatic N) is 12. The fraction of sp³-hybridized carbons (Fsp3) is 0.421. The summed E-state index contributed by atoms with van der Waals surface area (Å²) in [6, 6.07) is 2.71. The lowest BCUT2D eigenvalue weighted by Crippen LogP contribution is -2.25. The number of carbonyl (C=O) groups is 2. The maximum atomic E-state index is 15.0. The van der Waals surface area contributed by atoms with Crippen LogP contribution in [-0.4, -0.2) is 98.9 Å². The fourth-order valence-electron chi connectivity index (χ4n) is 7.81. The predicted molar refractivity (Wildman–Crippen MR) is 203 cm³/mol. The van der Waals surface area contributed by atoms with Gasteiger partial charge >= 0.3 is 11.9 Å². The van der Waals surface area contributed by atoms with E-state index in [0.29, 0.717) is 37.5 Å². The molecule has 0 bridgehead atoms. The van der Waals surface area contributed by atoms with Gasteiger partial charge in [0.25, 0.3) is 0 Å². The first-order valence-electron chi connectivity index (χ1n) is 19.2. The fourth-order valence-corrected chi connectivity index (χ4v) is 7.81. The number of halogens is 2. The lowest BCUT2D eigenvalue weighted by molar-refractivity contribution is 0.0523. The minimum Gasteiger partial charge on any atom is -0.477 e. The van der Waals surface area contributed by atoms with Gasteiger partial charge in [-0.15, -0.1) is 10.2 Å². The van der Waals surface area contributed by atoms with Crippen LogP contribution in [0.3, 0.4) is 0 Å². The summed E-state index contributed by atoms with van der Waals surface area (Å²) in [6.07, 6.45) is 14.8. The number of rotatable bonds is 9. The van der Waals surface area contributed by atoms with Gasteiger partial charge in [0.05, 0.1) is 41.9 Å². The Balaban J connectivity index is 0.000000151. The van der Waals surface area contributed by atoms with E-state index in [9.17, 15) is 28.7 Å². The van der Waals surface area contributed by atoms with Crippen LogP contribution in [-0.2, 0) is 4.74 Å². The molecule has 18 nitrogen and oxygen atoms in total. The maximum absolute atomic E-state index is 15.0. The lowest BCUT2D eigenvalue weighted by Gasteiger charge is -2.20. The SMILES string of the molecule is CCOC(=O)c1cn(C2CC2)c2nc(N3CCC(n4ccnn4)C3)c(F)cc2c1=O.O=C(O)c1cn(C2CC2)c2nc(N3CCC(n4ccnn4)C3)c(F)cc2c1=O. The number of aromatic nitrogens is 10. The van der Waals surface area contributed by atoms with Crippen molar-refractivity contribution >= 4 is 45.6 Å². The first-order valence-corrected chi connectivity index (χ1v) is 19.2. The van der Waals surface area contributed by atoms with E-state index >= 15 is 4.39 Å². The Labute approximate surface area is 327 Å². The second kappa shape index (κ2) is 14.7. The Morgan fingerprint density at radius 1 is 0.724 bits per heavy atom. The molecule has 0 aromatic carbocycles. The van der Waals surface area contributed by atoms with Crippen molar-refractivity contribution in [3.05, 3.63) is 92.5 Å². The quantitative estimate of drug-likeness (QED) is 0.208. The first kappa shape index (κ1) is 37.0. The number of esters is 1. The summed E-state index contributed by atoms with van der Waals surface area (Å²) in [4.78, 5) is 61.8. The van der Waals surface area contributed by atoms with Crippen LogP contribution in [0, 0.1) is 11.6 Å². The van der Waals surface area contributed by atoms with Gasteiger partial charge in [-0.1, -0.05) is 10.4 Å². The van der Waals surface area contributed by atoms with E-state index < -0.39 is 34.4 Å². The van der Waals surface area contributed by atoms with Gasteiger partial charge in [-0.3, -0.25) is 9.59 Å². The second-order valence-corrected chi connectivity index (χ2v) is 14.9. The molecule has 6 aromatic heterocycles. The highest BCUT2D eigenvalue weighted by molar-refractivity contribution is 5.94. The predicted octanol–water partition coefficient (Wildman–Crippen LogP) is 3.70. The van der Waals surface area contributed by atoms with Crippen molar-refractivity contribution < 1.29 is 28.2 Å². The number of pyridine rings is 4. The van der Waals surface area contributed by atoms with Gasteiger partial charge in [-0.05, 0) is 57.6 Å². The normalized spacial score (nSPS) is 19.2. The average molecular weight is 797 g/mol. The van der Waals surface area contributed by atoms with Crippen molar-refractivity contribution in [2.75, 3.05) is 42.6 Å². The summed E-state index contributed by atoms with van der Waals surface area (Å²) in [5.74, 6) is -2.84. The van der Waals surface area contributed by atoms with Crippen LogP contribution < -0.4 is 20.7 Å². The average Bonchev–Trinajstić information content (AvgIpc) is 3.87. The van der Waals surface area contributed by atoms with E-state index in [2.05, 4.69) is 30.6 Å². The third-order valence-electron chi connectivity index (χ3n) is 11.0. The van der Waals surface area contributed by atoms with Crippen LogP contribution in [0.1, 0.15) is 90.3 Å². The number of aromatic carboxylic acids is 1. The minimum absolute atomic E-state index is 0.0000678. The zero-order valence-electron chi connectivity index (χ0n) is 31.3. The molecule has 2 aliphatic carbocycles. The maximum Gasteiger partial charge on any atom is 0.343 e. The molecule has 2 aliphatic heterocycles. The summed E-state index contributed by atoms with van der Waals surface area (Å²) in [5, 5.41) is 25.1. The molecule has 2 saturated carbocycles. The van der Waals surface area contributed by atoms with Crippen LogP contribution in [0.5, 0.6) is 0 Å². The van der Waals surface area contributed by atoms with E-state index in [1.54, 1.807) is 45.6 Å². The Morgan fingerprint density at radius 3 is 1.60 bits per heavy atom. The van der Waals surface area contributed by atoms with Crippen molar-refractivity contribution in [2.45, 2.75) is 69.6 Å². The number of anilines is 2. The highest BCUT2D eigenvalue weighted by Crippen LogP contribution is 2.39. The molecular weight excluding hydrogens is 758 g/mol. The molecule has 2 unspecified atom stereocenters. The molecule has 0 spiro atoms. The van der Waals surface area contributed by atoms with Gasteiger partial charge in [0.2, 0.25) is 10.9 Å². The standard InChI is InChI=1S/C20H21FN6O3.C18H17FN6O3/c1-2-30-20(29)15-11-26(12-3-4-12)18-14(17(15)28)9-16(21)19(23-18)25-7-5-13(10-25)27-8-6-22-24-27;19-14-7-12-15(26)13(18(27)28)9-24(10-1-2-10)16(12)21-17(14)23-5-3-11(8-23)25-6-4-20-22-25/h6,8-9,11-13H,2-5,7,10H2,1H3;4,6-7,9-11H,1-3,5,8H2,(H,27,28). The molecule has 300 valence electrons. The van der Waals surface area contributed by atoms with Gasteiger partial charge in [-0.2, -0.15) is 0 Å². The molecule has 0 amide bonds. The topological polar surface area (TPSA) is 201 Å². The van der Waals surface area contributed by atoms with Crippen molar-refractivity contribution in [3.8, 4) is 0 Å². The molecule has 1 N–H and O–H groups in total. The molecule has 2 saturated heterocycles. The number of hydrogen-bond acceptors (Lipinski definition) is 13. The van der Waals surface area contributed by atoms with Crippen LogP contribution >= 0.6 is 0 Å². The molecule has 0 radical (unpaired) electrons. The van der Waals surface area contributed by atoms with Crippen LogP contribution in [0.15, 0.2) is 58.9 Å². The zero-order valence-corrected chi connectivity index (χ0v) is 31.3. The Hall–Kier alpha value is -6.60. The number of hydrogen-bond donors (Lipinski definition) is 1. The monoisotopic (exact) mass is 796 g/mol. The number of carboxylic acids is 1. The highest BCUT2D eigenvalue weighted by atomic mass is 19.1. The minimum atomic E-state index is -1.32. The van der Waals surface area contributed by atoms with E-state index in [4.69, 9.17) is 4.74 Å². The Bertz CT molecular complexity index is 2680. The van der Waals surface area contributed by atoms with Crippen LogP contribution in [0.4, 0.5) is 20.4 Å². The molecule has 4 fully saturated rings. The third kappa shape index (κ3) is 6.81. The van der Waals surface area contributed by atoms with Crippen molar-refractivity contribution in [2.24, 2.45) is 0 Å². The lowest BCUT2D eigenvalue weighted by atomic mass is 10.2. The van der Waals surface area contributed by atoms with Crippen molar-refractivity contribution in [1.82, 2.24) is 49.1 Å². The number of carbonyl (C=O) groups excluding carboxylic acids is 1. The highest BCUT2D eigenvalue weighted by Gasteiger charge is 2.33. The van der Waals surface area contributed by atoms with Crippen LogP contribution in [0.25, 0.3) is 22.1 Å². The zero-order chi connectivity index (χ0) is 40.2. The molecule has 4 aliphatic rings. The number of ether oxygens (including phenoxy) is 1. The van der Waals surface area contributed by atoms with E-state index in [-0.39, 0.29) is 64.3 Å². The third-order valence-corrected chi connectivity index (χ3v) is 11.0. The molecule has 8 heterocycles. The molecule has 10 rings (SSSR count). The summed E-state index contributed by atoms with van der Waals surface area (Å²) < 4.78 is 42.0. The molecular formula is C38H38F2N12O6. The van der Waals surface area contributed by atoms with Gasteiger partial charge < -0.3 is 28.8 Å². The first-order chi connectivity index (χ1) is 28.1. The van der Waals surface area contributed by atoms with Crippen LogP contribution in [0.2, 0.25) is 0 Å². The molecule has 20 heteroatoms. The molecule has 6 aromatic rings. The summed E-state index contributed by atoms with van der Waals surface area (Å²) in [7, 11) is 0. The van der Waals surface area contributed by atoms with Gasteiger partial charge in [0.1, 0.15) is 22.4 Å². The smallest absolute Gasteiger partial charge is 0.343 e. The van der Waals surface area contributed by atoms with Gasteiger partial charge in [0, 0.05) is 63.1 Å². The summed E-state index contributed by atoms with van der Waals surface area (Å²) in [5.41, 5.74) is -0.980. The Kier molecular flexibility index (Phi) is 9.39. The van der Waals surface area contributed by atoms with Gasteiger partial charge in [-0.25, -0.2) is 37.7 Å². The number of carboxylic acid groups (broad SMARTS) is 1. The van der Waals surface area contributed by atoms with E-state index in [1.165, 1.54) is 18.5 Å². The molecule has 58 heavy (non-hydrogen) atoms. The summed E-state index contributed by atoms with van der Waals surface area (Å²) >= 11 is 0. The Morgan fingerprint density at radius 2 is 1.19 bits per heavy atom. The van der Waals surface area contributed by atoms with E-state index in [1.807, 2.05) is 14.4 Å². The van der Waals surface area contributed by atoms with E-state index in [0.717, 1.165) is 44.6 Å².